The number of likely N-dealkylation sites (tertiary alicyclic amines) is 1. The van der Waals surface area contributed by atoms with Crippen molar-refractivity contribution in [2.75, 3.05) is 26.7 Å². The van der Waals surface area contributed by atoms with Crippen molar-refractivity contribution in [3.8, 4) is 0 Å². The summed E-state index contributed by atoms with van der Waals surface area (Å²) < 4.78 is 1.91. The van der Waals surface area contributed by atoms with Gasteiger partial charge in [0, 0.05) is 24.8 Å². The Morgan fingerprint density at radius 3 is 2.94 bits per heavy atom. The third-order valence-electron chi connectivity index (χ3n) is 3.80. The first-order valence-electron chi connectivity index (χ1n) is 6.63. The lowest BCUT2D eigenvalue weighted by Crippen LogP contribution is -2.41. The predicted octanol–water partition coefficient (Wildman–Crippen LogP) is 1.41. The Morgan fingerprint density at radius 2 is 2.35 bits per heavy atom. The van der Waals surface area contributed by atoms with Gasteiger partial charge in [0.1, 0.15) is 0 Å². The number of rotatable bonds is 4. The average molecular weight is 236 g/mol. The summed E-state index contributed by atoms with van der Waals surface area (Å²) in [5, 5.41) is 7.66. The van der Waals surface area contributed by atoms with Crippen LogP contribution in [0.5, 0.6) is 0 Å². The van der Waals surface area contributed by atoms with E-state index in [1.54, 1.807) is 0 Å². The third kappa shape index (κ3) is 2.69. The Morgan fingerprint density at radius 1 is 1.53 bits per heavy atom. The zero-order chi connectivity index (χ0) is 12.3. The molecule has 2 atom stereocenters. The molecule has 1 saturated heterocycles. The first-order chi connectivity index (χ1) is 8.26. The molecule has 1 aliphatic heterocycles. The van der Waals surface area contributed by atoms with Crippen LogP contribution in [0, 0.1) is 5.92 Å². The number of aromatic nitrogens is 2. The van der Waals surface area contributed by atoms with Crippen molar-refractivity contribution in [2.45, 2.75) is 25.8 Å². The van der Waals surface area contributed by atoms with Crippen LogP contribution in [0.1, 0.15) is 31.4 Å². The fourth-order valence-corrected chi connectivity index (χ4v) is 3.06. The van der Waals surface area contributed by atoms with Crippen molar-refractivity contribution in [3.05, 3.63) is 18.0 Å². The molecule has 0 radical (unpaired) electrons. The molecule has 0 aliphatic carbocycles. The van der Waals surface area contributed by atoms with Gasteiger partial charge in [-0.1, -0.05) is 6.92 Å². The van der Waals surface area contributed by atoms with Gasteiger partial charge in [-0.3, -0.25) is 9.58 Å². The molecule has 0 bridgehead atoms. The van der Waals surface area contributed by atoms with Crippen molar-refractivity contribution >= 4 is 0 Å². The van der Waals surface area contributed by atoms with Gasteiger partial charge in [0.2, 0.25) is 0 Å². The first kappa shape index (κ1) is 12.6. The molecule has 0 unspecified atom stereocenters. The highest BCUT2D eigenvalue weighted by atomic mass is 15.3. The van der Waals surface area contributed by atoms with Gasteiger partial charge in [-0.05, 0) is 45.4 Å². The van der Waals surface area contributed by atoms with Crippen molar-refractivity contribution in [1.29, 1.82) is 0 Å². The number of aryl methyl sites for hydroxylation is 1. The molecule has 1 aliphatic rings. The molecule has 0 aromatic carbocycles. The smallest absolute Gasteiger partial charge is 0.0537 e. The molecule has 1 aromatic rings. The zero-order valence-electron chi connectivity index (χ0n) is 11.2. The van der Waals surface area contributed by atoms with E-state index in [2.05, 4.69) is 28.4 Å². The van der Waals surface area contributed by atoms with Crippen LogP contribution in [0.25, 0.3) is 0 Å². The van der Waals surface area contributed by atoms with Gasteiger partial charge in [-0.15, -0.1) is 0 Å². The Kier molecular flexibility index (Phi) is 4.18. The second-order valence-corrected chi connectivity index (χ2v) is 4.98. The van der Waals surface area contributed by atoms with Crippen molar-refractivity contribution < 1.29 is 0 Å². The molecule has 1 fully saturated rings. The average Bonchev–Trinajstić information content (AvgIpc) is 2.75. The highest BCUT2D eigenvalue weighted by Gasteiger charge is 2.31. The summed E-state index contributed by atoms with van der Waals surface area (Å²) in [6, 6.07) is 0.537. The van der Waals surface area contributed by atoms with E-state index in [1.807, 2.05) is 25.0 Å². The molecule has 4 nitrogen and oxygen atoms in total. The van der Waals surface area contributed by atoms with Crippen molar-refractivity contribution in [3.63, 3.8) is 0 Å². The molecule has 2 rings (SSSR count). The summed E-state index contributed by atoms with van der Waals surface area (Å²) in [7, 11) is 4.04. The minimum Gasteiger partial charge on any atom is -0.319 e. The van der Waals surface area contributed by atoms with Crippen LogP contribution in [0.15, 0.2) is 12.4 Å². The number of nitrogens with zero attached hydrogens (tertiary/aromatic N) is 3. The Balaban J connectivity index is 2.21. The number of hydrogen-bond donors (Lipinski definition) is 1. The lowest BCUT2D eigenvalue weighted by molar-refractivity contribution is 0.0981. The predicted molar refractivity (Wildman–Crippen MR) is 69.8 cm³/mol. The summed E-state index contributed by atoms with van der Waals surface area (Å²) in [5.74, 6) is 0.706. The van der Waals surface area contributed by atoms with Crippen LogP contribution in [0.4, 0.5) is 0 Å². The lowest BCUT2D eigenvalue weighted by atomic mass is 9.85. The summed E-state index contributed by atoms with van der Waals surface area (Å²) in [4.78, 5) is 2.59. The molecular formula is C13H24N4. The van der Waals surface area contributed by atoms with E-state index in [0.717, 1.165) is 13.1 Å². The Labute approximate surface area is 104 Å². The zero-order valence-corrected chi connectivity index (χ0v) is 11.2. The van der Waals surface area contributed by atoms with E-state index in [0.29, 0.717) is 12.0 Å². The third-order valence-corrected chi connectivity index (χ3v) is 3.80. The minimum atomic E-state index is 0.537. The highest BCUT2D eigenvalue weighted by Crippen LogP contribution is 2.35. The fraction of sp³-hybridized carbons (Fsp3) is 0.769. The van der Waals surface area contributed by atoms with Crippen LogP contribution in [-0.2, 0) is 7.05 Å². The number of nitrogens with one attached hydrogen (secondary N) is 1. The standard InChI is InChI=1S/C13H24N4/c1-4-17-7-5-6-11(8-14-2)13(17)12-9-15-16(3)10-12/h9-11,13-14H,4-8H2,1-3H3/t11-,13-/m0/s1. The van der Waals surface area contributed by atoms with E-state index in [-0.39, 0.29) is 0 Å². The Bertz CT molecular complexity index is 345. The molecule has 2 heterocycles. The molecule has 17 heavy (non-hydrogen) atoms. The van der Waals surface area contributed by atoms with Gasteiger partial charge in [-0.2, -0.15) is 5.10 Å². The van der Waals surface area contributed by atoms with Crippen LogP contribution in [0.2, 0.25) is 0 Å². The van der Waals surface area contributed by atoms with Gasteiger partial charge in [0.25, 0.3) is 0 Å². The summed E-state index contributed by atoms with van der Waals surface area (Å²) in [6.45, 7) is 5.69. The molecular weight excluding hydrogens is 212 g/mol. The molecule has 0 spiro atoms. The van der Waals surface area contributed by atoms with Gasteiger partial charge >= 0.3 is 0 Å². The SMILES string of the molecule is CCN1CCC[C@@H](CNC)[C@H]1c1cnn(C)c1. The monoisotopic (exact) mass is 236 g/mol. The second-order valence-electron chi connectivity index (χ2n) is 4.98. The van der Waals surface area contributed by atoms with E-state index in [1.165, 1.54) is 24.9 Å². The number of piperidine rings is 1. The highest BCUT2D eigenvalue weighted by molar-refractivity contribution is 5.13. The summed E-state index contributed by atoms with van der Waals surface area (Å²) in [6.07, 6.45) is 6.83. The van der Waals surface area contributed by atoms with Crippen LogP contribution < -0.4 is 5.32 Å². The quantitative estimate of drug-likeness (QED) is 0.858. The lowest BCUT2D eigenvalue weighted by Gasteiger charge is -2.40. The molecule has 1 N–H and O–H groups in total. The molecule has 96 valence electrons. The van der Waals surface area contributed by atoms with Crippen molar-refractivity contribution in [2.24, 2.45) is 13.0 Å². The summed E-state index contributed by atoms with van der Waals surface area (Å²) >= 11 is 0. The molecule has 0 saturated carbocycles. The van der Waals surface area contributed by atoms with E-state index in [9.17, 15) is 0 Å². The van der Waals surface area contributed by atoms with Crippen LogP contribution in [0.3, 0.4) is 0 Å². The van der Waals surface area contributed by atoms with E-state index < -0.39 is 0 Å². The normalized spacial score (nSPS) is 26.3. The van der Waals surface area contributed by atoms with Crippen LogP contribution >= 0.6 is 0 Å². The molecule has 4 heteroatoms. The maximum atomic E-state index is 4.32. The topological polar surface area (TPSA) is 33.1 Å². The first-order valence-corrected chi connectivity index (χ1v) is 6.63. The maximum Gasteiger partial charge on any atom is 0.0537 e. The van der Waals surface area contributed by atoms with E-state index in [4.69, 9.17) is 0 Å². The number of hydrogen-bond acceptors (Lipinski definition) is 3. The van der Waals surface area contributed by atoms with Gasteiger partial charge in [0.15, 0.2) is 0 Å². The maximum absolute atomic E-state index is 4.32. The van der Waals surface area contributed by atoms with Gasteiger partial charge in [0.05, 0.1) is 6.20 Å². The second kappa shape index (κ2) is 5.65. The van der Waals surface area contributed by atoms with Gasteiger partial charge < -0.3 is 5.32 Å². The largest absolute Gasteiger partial charge is 0.319 e. The van der Waals surface area contributed by atoms with Crippen molar-refractivity contribution in [1.82, 2.24) is 20.0 Å². The van der Waals surface area contributed by atoms with E-state index >= 15 is 0 Å². The Hall–Kier alpha value is -0.870. The van der Waals surface area contributed by atoms with Crippen LogP contribution in [-0.4, -0.2) is 41.4 Å². The molecule has 0 amide bonds. The minimum absolute atomic E-state index is 0.537. The molecule has 1 aromatic heterocycles. The van der Waals surface area contributed by atoms with Gasteiger partial charge in [-0.25, -0.2) is 0 Å². The summed E-state index contributed by atoms with van der Waals surface area (Å²) in [5.41, 5.74) is 1.37. The fourth-order valence-electron chi connectivity index (χ4n) is 3.06.